The van der Waals surface area contributed by atoms with Gasteiger partial charge in [-0.05, 0) is 36.2 Å². The number of rotatable bonds is 4. The summed E-state index contributed by atoms with van der Waals surface area (Å²) in [4.78, 5) is 14.3. The van der Waals surface area contributed by atoms with E-state index in [2.05, 4.69) is 27.7 Å². The molecule has 1 aliphatic heterocycles. The van der Waals surface area contributed by atoms with Crippen molar-refractivity contribution in [2.45, 2.75) is 19.0 Å². The average Bonchev–Trinajstić information content (AvgIpc) is 2.97. The van der Waals surface area contributed by atoms with Crippen LogP contribution in [0.3, 0.4) is 0 Å². The number of urea groups is 1. The summed E-state index contributed by atoms with van der Waals surface area (Å²) in [6.45, 7) is 2.71. The highest BCUT2D eigenvalue weighted by atomic mass is 19.1. The number of likely N-dealkylation sites (tertiary alicyclic amines) is 1. The average molecular weight is 313 g/mol. The summed E-state index contributed by atoms with van der Waals surface area (Å²) in [5.41, 5.74) is 1.87. The summed E-state index contributed by atoms with van der Waals surface area (Å²) >= 11 is 0. The van der Waals surface area contributed by atoms with Crippen molar-refractivity contribution in [3.8, 4) is 0 Å². The van der Waals surface area contributed by atoms with Crippen molar-refractivity contribution in [3.63, 3.8) is 0 Å². The zero-order valence-electron chi connectivity index (χ0n) is 12.8. The fourth-order valence-corrected chi connectivity index (χ4v) is 2.82. The van der Waals surface area contributed by atoms with Gasteiger partial charge in [0.05, 0.1) is 0 Å². The normalized spacial score (nSPS) is 17.9. The predicted molar refractivity (Wildman–Crippen MR) is 88.7 cm³/mol. The van der Waals surface area contributed by atoms with Crippen molar-refractivity contribution in [1.29, 1.82) is 0 Å². The third-order valence-electron chi connectivity index (χ3n) is 3.96. The number of hydrogen-bond donors (Lipinski definition) is 2. The van der Waals surface area contributed by atoms with Gasteiger partial charge in [0.1, 0.15) is 5.82 Å². The molecule has 4 nitrogen and oxygen atoms in total. The Morgan fingerprint density at radius 2 is 1.87 bits per heavy atom. The number of hydrogen-bond acceptors (Lipinski definition) is 2. The summed E-state index contributed by atoms with van der Waals surface area (Å²) in [7, 11) is 0. The standard InChI is InChI=1S/C18H20FN3O/c19-15-6-8-16(9-7-15)20-18(23)21-17-10-11-22(13-17)12-14-4-2-1-3-5-14/h1-9,17H,10-13H2,(H2,20,21,23). The van der Waals surface area contributed by atoms with Crippen LogP contribution >= 0.6 is 0 Å². The van der Waals surface area contributed by atoms with E-state index in [0.717, 1.165) is 26.1 Å². The van der Waals surface area contributed by atoms with Crippen molar-refractivity contribution in [2.75, 3.05) is 18.4 Å². The highest BCUT2D eigenvalue weighted by Gasteiger charge is 2.23. The van der Waals surface area contributed by atoms with Crippen LogP contribution in [0.25, 0.3) is 0 Å². The molecule has 1 fully saturated rings. The number of benzene rings is 2. The van der Waals surface area contributed by atoms with E-state index >= 15 is 0 Å². The first-order valence-corrected chi connectivity index (χ1v) is 7.78. The molecule has 0 spiro atoms. The SMILES string of the molecule is O=C(Nc1ccc(F)cc1)NC1CCN(Cc2ccccc2)C1. The maximum atomic E-state index is 12.8. The molecule has 0 bridgehead atoms. The topological polar surface area (TPSA) is 44.4 Å². The number of carbonyl (C=O) groups excluding carboxylic acids is 1. The van der Waals surface area contributed by atoms with E-state index in [1.165, 1.54) is 17.7 Å². The number of nitrogens with one attached hydrogen (secondary N) is 2. The number of halogens is 1. The quantitative estimate of drug-likeness (QED) is 0.910. The minimum Gasteiger partial charge on any atom is -0.334 e. The molecule has 0 aliphatic carbocycles. The third-order valence-corrected chi connectivity index (χ3v) is 3.96. The van der Waals surface area contributed by atoms with Crippen molar-refractivity contribution in [3.05, 3.63) is 66.0 Å². The maximum absolute atomic E-state index is 12.8. The van der Waals surface area contributed by atoms with Crippen molar-refractivity contribution in [1.82, 2.24) is 10.2 Å². The Kier molecular flexibility index (Phi) is 4.88. The Morgan fingerprint density at radius 3 is 2.61 bits per heavy atom. The molecule has 1 saturated heterocycles. The molecule has 5 heteroatoms. The van der Waals surface area contributed by atoms with E-state index in [9.17, 15) is 9.18 Å². The van der Waals surface area contributed by atoms with E-state index in [1.807, 2.05) is 18.2 Å². The number of amides is 2. The van der Waals surface area contributed by atoms with Gasteiger partial charge in [-0.1, -0.05) is 30.3 Å². The smallest absolute Gasteiger partial charge is 0.319 e. The monoisotopic (exact) mass is 313 g/mol. The molecule has 1 heterocycles. The lowest BCUT2D eigenvalue weighted by atomic mass is 10.2. The molecule has 2 aromatic rings. The van der Waals surface area contributed by atoms with Crippen LogP contribution in [-0.2, 0) is 6.54 Å². The maximum Gasteiger partial charge on any atom is 0.319 e. The van der Waals surface area contributed by atoms with Gasteiger partial charge < -0.3 is 10.6 Å². The zero-order chi connectivity index (χ0) is 16.1. The van der Waals surface area contributed by atoms with Gasteiger partial charge in [-0.15, -0.1) is 0 Å². The molecule has 3 rings (SSSR count). The van der Waals surface area contributed by atoms with Crippen molar-refractivity contribution >= 4 is 11.7 Å². The Labute approximate surface area is 135 Å². The van der Waals surface area contributed by atoms with Gasteiger partial charge in [0.15, 0.2) is 0 Å². The predicted octanol–water partition coefficient (Wildman–Crippen LogP) is 3.22. The highest BCUT2D eigenvalue weighted by molar-refractivity contribution is 5.89. The van der Waals surface area contributed by atoms with Gasteiger partial charge in [0, 0.05) is 31.4 Å². The highest BCUT2D eigenvalue weighted by Crippen LogP contribution is 2.14. The molecule has 0 aromatic heterocycles. The van der Waals surface area contributed by atoms with Crippen molar-refractivity contribution < 1.29 is 9.18 Å². The molecular formula is C18H20FN3O. The summed E-state index contributed by atoms with van der Waals surface area (Å²) in [5, 5.41) is 5.70. The molecule has 1 atom stereocenters. The summed E-state index contributed by atoms with van der Waals surface area (Å²) in [6.07, 6.45) is 0.934. The molecule has 1 aliphatic rings. The van der Waals surface area contributed by atoms with Crippen LogP contribution in [-0.4, -0.2) is 30.1 Å². The molecule has 2 N–H and O–H groups in total. The molecule has 1 unspecified atom stereocenters. The molecule has 2 amide bonds. The Bertz CT molecular complexity index is 645. The number of nitrogens with zero attached hydrogens (tertiary/aromatic N) is 1. The van der Waals surface area contributed by atoms with Gasteiger partial charge in [-0.3, -0.25) is 4.90 Å². The fraction of sp³-hybridized carbons (Fsp3) is 0.278. The summed E-state index contributed by atoms with van der Waals surface area (Å²) < 4.78 is 12.8. The van der Waals surface area contributed by atoms with Crippen molar-refractivity contribution in [2.24, 2.45) is 0 Å². The zero-order valence-corrected chi connectivity index (χ0v) is 12.8. The first kappa shape index (κ1) is 15.5. The second-order valence-electron chi connectivity index (χ2n) is 5.81. The van der Waals surface area contributed by atoms with E-state index in [0.29, 0.717) is 5.69 Å². The van der Waals surface area contributed by atoms with Gasteiger partial charge in [-0.25, -0.2) is 9.18 Å². The summed E-state index contributed by atoms with van der Waals surface area (Å²) in [6, 6.07) is 16.0. The van der Waals surface area contributed by atoms with Crippen LogP contribution in [0.2, 0.25) is 0 Å². The minimum atomic E-state index is -0.316. The molecule has 0 saturated carbocycles. The fourth-order valence-electron chi connectivity index (χ4n) is 2.82. The van der Waals surface area contributed by atoms with Crippen LogP contribution in [0.1, 0.15) is 12.0 Å². The van der Waals surface area contributed by atoms with Crippen LogP contribution in [0, 0.1) is 5.82 Å². The molecular weight excluding hydrogens is 293 g/mol. The van der Waals surface area contributed by atoms with E-state index < -0.39 is 0 Å². The molecule has 23 heavy (non-hydrogen) atoms. The molecule has 0 radical (unpaired) electrons. The van der Waals surface area contributed by atoms with E-state index in [4.69, 9.17) is 0 Å². The second-order valence-corrected chi connectivity index (χ2v) is 5.81. The Morgan fingerprint density at radius 1 is 1.13 bits per heavy atom. The van der Waals surface area contributed by atoms with Gasteiger partial charge in [0.2, 0.25) is 0 Å². The third kappa shape index (κ3) is 4.53. The van der Waals surface area contributed by atoms with E-state index in [-0.39, 0.29) is 17.9 Å². The molecule has 120 valence electrons. The van der Waals surface area contributed by atoms with Crippen LogP contribution in [0.4, 0.5) is 14.9 Å². The van der Waals surface area contributed by atoms with Crippen LogP contribution in [0.5, 0.6) is 0 Å². The van der Waals surface area contributed by atoms with Gasteiger partial charge in [0.25, 0.3) is 0 Å². The van der Waals surface area contributed by atoms with Gasteiger partial charge in [-0.2, -0.15) is 0 Å². The summed E-state index contributed by atoms with van der Waals surface area (Å²) in [5.74, 6) is -0.316. The lowest BCUT2D eigenvalue weighted by molar-refractivity contribution is 0.247. The van der Waals surface area contributed by atoms with Crippen LogP contribution < -0.4 is 10.6 Å². The lowest BCUT2D eigenvalue weighted by Crippen LogP contribution is -2.39. The Hall–Kier alpha value is -2.40. The van der Waals surface area contributed by atoms with E-state index in [1.54, 1.807) is 12.1 Å². The molecule has 2 aromatic carbocycles. The largest absolute Gasteiger partial charge is 0.334 e. The van der Waals surface area contributed by atoms with Crippen LogP contribution in [0.15, 0.2) is 54.6 Å². The lowest BCUT2D eigenvalue weighted by Gasteiger charge is -2.17. The number of carbonyl (C=O) groups is 1. The Balaban J connectivity index is 1.46. The first-order valence-electron chi connectivity index (χ1n) is 7.78. The van der Waals surface area contributed by atoms with Gasteiger partial charge >= 0.3 is 6.03 Å². The minimum absolute atomic E-state index is 0.138. The number of anilines is 1. The first-order chi connectivity index (χ1) is 11.2. The second kappa shape index (κ2) is 7.24.